The molecule has 2 aromatic rings. The van der Waals surface area contributed by atoms with Gasteiger partial charge in [-0.25, -0.2) is 4.68 Å². The van der Waals surface area contributed by atoms with Crippen LogP contribution in [0.4, 0.5) is 0 Å². The molecule has 6 N–H and O–H groups in total. The van der Waals surface area contributed by atoms with Crippen molar-refractivity contribution in [3.05, 3.63) is 41.2 Å². The van der Waals surface area contributed by atoms with Gasteiger partial charge in [0.05, 0.1) is 24.2 Å². The maximum Gasteiger partial charge on any atom is 0.117 e. The van der Waals surface area contributed by atoms with Gasteiger partial charge < -0.3 is 35.6 Å². The first kappa shape index (κ1) is 22.3. The molecule has 4 rings (SSSR count). The summed E-state index contributed by atoms with van der Waals surface area (Å²) in [6.45, 7) is 3.19. The van der Waals surface area contributed by atoms with Gasteiger partial charge in [-0.3, -0.25) is 0 Å². The highest BCUT2D eigenvalue weighted by Gasteiger charge is 2.46. The van der Waals surface area contributed by atoms with Crippen LogP contribution in [0.3, 0.4) is 0 Å². The summed E-state index contributed by atoms with van der Waals surface area (Å²) in [7, 11) is 0. The van der Waals surface area contributed by atoms with Gasteiger partial charge in [-0.05, 0) is 49.6 Å². The topological polar surface area (TPSA) is 153 Å². The van der Waals surface area contributed by atoms with Gasteiger partial charge in [0.1, 0.15) is 36.6 Å². The molecule has 4 unspecified atom stereocenters. The smallest absolute Gasteiger partial charge is 0.117 e. The molecule has 2 fully saturated rings. The SMILES string of the molecule is Cc1cc(-n2cc(C3CCCNC3)nn2)ccc1[C@@H](O)[C@H]1OC(CO)[C@@H](O)C(O)C1O. The summed E-state index contributed by atoms with van der Waals surface area (Å²) < 4.78 is 7.19. The van der Waals surface area contributed by atoms with Gasteiger partial charge in [0.25, 0.3) is 0 Å². The first-order valence-electron chi connectivity index (χ1n) is 10.6. The Morgan fingerprint density at radius 3 is 2.71 bits per heavy atom. The third-order valence-corrected chi connectivity index (χ3v) is 6.30. The molecule has 0 radical (unpaired) electrons. The number of benzene rings is 1. The van der Waals surface area contributed by atoms with E-state index >= 15 is 0 Å². The van der Waals surface area contributed by atoms with E-state index in [9.17, 15) is 25.5 Å². The standard InChI is InChI=1S/C21H30N4O6/c1-11-7-13(25-9-15(23-24-25)12-3-2-6-22-8-12)4-5-14(11)17(27)21-20(30)19(29)18(28)16(10-26)31-21/h4-5,7,9,12,16-22,26-30H,2-3,6,8,10H2,1H3/t12?,16?,17-,18-,19?,20?,21-/m1/s1. The van der Waals surface area contributed by atoms with Crippen molar-refractivity contribution in [1.82, 2.24) is 20.3 Å². The van der Waals surface area contributed by atoms with Crippen LogP contribution in [0.15, 0.2) is 24.4 Å². The molecule has 0 spiro atoms. The van der Waals surface area contributed by atoms with Crippen molar-refractivity contribution in [3.63, 3.8) is 0 Å². The Morgan fingerprint density at radius 1 is 1.23 bits per heavy atom. The minimum Gasteiger partial charge on any atom is -0.394 e. The average Bonchev–Trinajstić information content (AvgIpc) is 3.28. The Morgan fingerprint density at radius 2 is 2.03 bits per heavy atom. The number of aliphatic hydroxyl groups is 5. The number of aliphatic hydroxyl groups excluding tert-OH is 5. The Balaban J connectivity index is 1.53. The fourth-order valence-corrected chi connectivity index (χ4v) is 4.40. The Hall–Kier alpha value is -1.92. The van der Waals surface area contributed by atoms with E-state index in [0.717, 1.165) is 42.9 Å². The van der Waals surface area contributed by atoms with Crippen LogP contribution in [0.25, 0.3) is 5.69 Å². The van der Waals surface area contributed by atoms with E-state index in [-0.39, 0.29) is 0 Å². The van der Waals surface area contributed by atoms with Crippen LogP contribution in [0, 0.1) is 6.92 Å². The van der Waals surface area contributed by atoms with Crippen molar-refractivity contribution in [2.24, 2.45) is 0 Å². The number of aryl methyl sites for hydroxylation is 1. The van der Waals surface area contributed by atoms with Crippen molar-refractivity contribution in [2.45, 2.75) is 62.3 Å². The molecule has 10 nitrogen and oxygen atoms in total. The Kier molecular flexibility index (Phi) is 6.68. The fourth-order valence-electron chi connectivity index (χ4n) is 4.40. The predicted molar refractivity (Wildman–Crippen MR) is 110 cm³/mol. The molecule has 1 aromatic carbocycles. The van der Waals surface area contributed by atoms with E-state index in [4.69, 9.17) is 4.74 Å². The van der Waals surface area contributed by atoms with E-state index in [1.807, 2.05) is 19.2 Å². The number of nitrogens with one attached hydrogen (secondary N) is 1. The summed E-state index contributed by atoms with van der Waals surface area (Å²) in [5, 5.41) is 62.4. The van der Waals surface area contributed by atoms with Crippen molar-refractivity contribution in [3.8, 4) is 5.69 Å². The van der Waals surface area contributed by atoms with Crippen LogP contribution >= 0.6 is 0 Å². The first-order chi connectivity index (χ1) is 14.9. The zero-order valence-electron chi connectivity index (χ0n) is 17.4. The quantitative estimate of drug-likeness (QED) is 0.345. The van der Waals surface area contributed by atoms with E-state index in [2.05, 4.69) is 15.6 Å². The second-order valence-corrected chi connectivity index (χ2v) is 8.41. The lowest BCUT2D eigenvalue weighted by atomic mass is 9.88. The van der Waals surface area contributed by atoms with Gasteiger partial charge >= 0.3 is 0 Å². The third-order valence-electron chi connectivity index (χ3n) is 6.30. The van der Waals surface area contributed by atoms with Crippen molar-refractivity contribution in [1.29, 1.82) is 0 Å². The van der Waals surface area contributed by atoms with Gasteiger partial charge in [0, 0.05) is 12.5 Å². The van der Waals surface area contributed by atoms with Gasteiger partial charge in [-0.2, -0.15) is 0 Å². The molecule has 170 valence electrons. The van der Waals surface area contributed by atoms with Crippen LogP contribution in [-0.4, -0.2) is 90.7 Å². The van der Waals surface area contributed by atoms with Crippen molar-refractivity contribution in [2.75, 3.05) is 19.7 Å². The largest absolute Gasteiger partial charge is 0.394 e. The molecular weight excluding hydrogens is 404 g/mol. The molecular formula is C21H30N4O6. The Bertz CT molecular complexity index is 885. The van der Waals surface area contributed by atoms with Crippen molar-refractivity contribution < 1.29 is 30.3 Å². The second-order valence-electron chi connectivity index (χ2n) is 8.41. The van der Waals surface area contributed by atoms with E-state index in [1.165, 1.54) is 0 Å². The minimum absolute atomic E-state index is 0.343. The molecule has 1 aromatic heterocycles. The molecule has 3 heterocycles. The lowest BCUT2D eigenvalue weighted by Crippen LogP contribution is -2.59. The summed E-state index contributed by atoms with van der Waals surface area (Å²) in [5.74, 6) is 0.343. The highest BCUT2D eigenvalue weighted by Crippen LogP contribution is 2.32. The lowest BCUT2D eigenvalue weighted by Gasteiger charge is -2.42. The summed E-state index contributed by atoms with van der Waals surface area (Å²) >= 11 is 0. The summed E-state index contributed by atoms with van der Waals surface area (Å²) in [5.41, 5.74) is 2.96. The molecule has 2 aliphatic heterocycles. The molecule has 31 heavy (non-hydrogen) atoms. The van der Waals surface area contributed by atoms with E-state index in [0.29, 0.717) is 11.5 Å². The molecule has 0 saturated carbocycles. The maximum atomic E-state index is 10.8. The number of hydrogen-bond acceptors (Lipinski definition) is 9. The Labute approximate surface area is 180 Å². The zero-order chi connectivity index (χ0) is 22.1. The fraction of sp³-hybridized carbons (Fsp3) is 0.619. The highest BCUT2D eigenvalue weighted by atomic mass is 16.6. The van der Waals surface area contributed by atoms with Crippen LogP contribution in [-0.2, 0) is 4.74 Å². The number of piperidine rings is 1. The van der Waals surface area contributed by atoms with E-state index in [1.54, 1.807) is 16.8 Å². The number of ether oxygens (including phenoxy) is 1. The van der Waals surface area contributed by atoms with Gasteiger partial charge in [-0.15, -0.1) is 5.10 Å². The lowest BCUT2D eigenvalue weighted by molar-refractivity contribution is -0.250. The predicted octanol–water partition coefficient (Wildman–Crippen LogP) is -1.08. The molecule has 0 amide bonds. The van der Waals surface area contributed by atoms with Crippen LogP contribution in [0.2, 0.25) is 0 Å². The monoisotopic (exact) mass is 434 g/mol. The zero-order valence-corrected chi connectivity index (χ0v) is 17.4. The number of aromatic nitrogens is 3. The van der Waals surface area contributed by atoms with Crippen LogP contribution in [0.5, 0.6) is 0 Å². The van der Waals surface area contributed by atoms with E-state index < -0.39 is 43.2 Å². The summed E-state index contributed by atoms with van der Waals surface area (Å²) in [6, 6.07) is 5.34. The third kappa shape index (κ3) is 4.37. The van der Waals surface area contributed by atoms with Crippen LogP contribution in [0.1, 0.15) is 41.7 Å². The number of hydrogen-bond donors (Lipinski definition) is 6. The molecule has 10 heteroatoms. The van der Waals surface area contributed by atoms with Gasteiger partial charge in [0.2, 0.25) is 0 Å². The second kappa shape index (κ2) is 9.29. The summed E-state index contributed by atoms with van der Waals surface area (Å²) in [4.78, 5) is 0. The maximum absolute atomic E-state index is 10.8. The number of nitrogens with zero attached hydrogens (tertiary/aromatic N) is 3. The highest BCUT2D eigenvalue weighted by molar-refractivity contribution is 5.41. The van der Waals surface area contributed by atoms with Crippen molar-refractivity contribution >= 4 is 0 Å². The molecule has 0 aliphatic carbocycles. The average molecular weight is 434 g/mol. The minimum atomic E-state index is -1.53. The van der Waals surface area contributed by atoms with Crippen LogP contribution < -0.4 is 5.32 Å². The normalized spacial score (nSPS) is 32.7. The van der Waals surface area contributed by atoms with Gasteiger partial charge in [0.15, 0.2) is 0 Å². The first-order valence-corrected chi connectivity index (χ1v) is 10.6. The molecule has 7 atom stereocenters. The molecule has 2 saturated heterocycles. The summed E-state index contributed by atoms with van der Waals surface area (Å²) in [6.07, 6.45) is -3.93. The molecule has 2 aliphatic rings. The number of rotatable bonds is 5. The molecule has 0 bridgehead atoms. The van der Waals surface area contributed by atoms with Gasteiger partial charge in [-0.1, -0.05) is 11.3 Å².